The van der Waals surface area contributed by atoms with Crippen LogP contribution in [0.2, 0.25) is 0 Å². The molecule has 1 aromatic rings. The molecule has 102 valence electrons. The molecule has 1 aromatic carbocycles. The monoisotopic (exact) mass is 284 g/mol. The minimum absolute atomic E-state index is 0.245. The van der Waals surface area contributed by atoms with E-state index in [4.69, 9.17) is 0 Å². The fourth-order valence-electron chi connectivity index (χ4n) is 1.80. The van der Waals surface area contributed by atoms with Gasteiger partial charge < -0.3 is 0 Å². The summed E-state index contributed by atoms with van der Waals surface area (Å²) in [6.07, 6.45) is 0. The molecule has 0 nitrogen and oxygen atoms in total. The summed E-state index contributed by atoms with van der Waals surface area (Å²) >= 11 is 0. The van der Waals surface area contributed by atoms with Crippen molar-refractivity contribution in [1.29, 1.82) is 0 Å². The predicted octanol–water partition coefficient (Wildman–Crippen LogP) is 4.05. The van der Waals surface area contributed by atoms with Crippen LogP contribution in [0.3, 0.4) is 0 Å². The van der Waals surface area contributed by atoms with Crippen molar-refractivity contribution < 1.29 is 0 Å². The smallest absolute Gasteiger partial charge is 0.0561 e. The Hall–Kier alpha value is 0.0800. The third-order valence-electron chi connectivity index (χ3n) is 3.32. The maximum absolute atomic E-state index is 2.48. The summed E-state index contributed by atoms with van der Waals surface area (Å²) in [6, 6.07) is 7.39. The average Bonchev–Trinajstić information content (AvgIpc) is 2.13. The molecule has 0 radical (unpaired) electrons. The van der Waals surface area contributed by atoms with Gasteiger partial charge in [0.05, 0.1) is 50.6 Å². The van der Waals surface area contributed by atoms with Crippen LogP contribution in [0.5, 0.6) is 0 Å². The highest BCUT2D eigenvalue weighted by molar-refractivity contribution is 7.82. The van der Waals surface area contributed by atoms with Crippen LogP contribution in [0.1, 0.15) is 26.3 Å². The van der Waals surface area contributed by atoms with E-state index in [1.54, 1.807) is 10.6 Å². The summed E-state index contributed by atoms with van der Waals surface area (Å²) < 4.78 is 0. The van der Waals surface area contributed by atoms with Crippen molar-refractivity contribution in [2.24, 2.45) is 0 Å². The van der Waals surface area contributed by atoms with Gasteiger partial charge in [-0.25, -0.2) is 0 Å². The lowest BCUT2D eigenvalue weighted by Gasteiger charge is -2.24. The molecule has 0 bridgehead atoms. The minimum atomic E-state index is -0.943. The molecule has 0 heterocycles. The molecule has 0 aliphatic carbocycles. The first-order valence-corrected chi connectivity index (χ1v) is 12.9. The summed E-state index contributed by atoms with van der Waals surface area (Å²) in [7, 11) is -1.89. The predicted molar refractivity (Wildman–Crippen MR) is 93.8 cm³/mol. The van der Waals surface area contributed by atoms with Gasteiger partial charge in [-0.05, 0) is 23.1 Å². The van der Waals surface area contributed by atoms with Gasteiger partial charge in [-0.3, -0.25) is 0 Å². The van der Waals surface area contributed by atoms with Crippen LogP contribution in [-0.4, -0.2) is 40.0 Å². The molecule has 2 heteroatoms. The van der Waals surface area contributed by atoms with Gasteiger partial charge in [0.1, 0.15) is 0 Å². The van der Waals surface area contributed by atoms with Crippen molar-refractivity contribution in [2.75, 3.05) is 40.0 Å². The lowest BCUT2D eigenvalue weighted by molar-refractivity contribution is 0.591. The Morgan fingerprint density at radius 1 is 0.667 bits per heavy atom. The van der Waals surface area contributed by atoms with Gasteiger partial charge >= 0.3 is 0 Å². The van der Waals surface area contributed by atoms with Crippen LogP contribution in [0.15, 0.2) is 18.2 Å². The highest BCUT2D eigenvalue weighted by Crippen LogP contribution is 2.49. The molecule has 0 aromatic heterocycles. The number of benzene rings is 1. The lowest BCUT2D eigenvalue weighted by Crippen LogP contribution is -2.23. The van der Waals surface area contributed by atoms with Crippen LogP contribution in [-0.2, 0) is 5.41 Å². The zero-order valence-electron chi connectivity index (χ0n) is 13.6. The summed E-state index contributed by atoms with van der Waals surface area (Å²) in [4.78, 5) is 0. The van der Waals surface area contributed by atoms with Crippen LogP contribution in [0.25, 0.3) is 0 Å². The second-order valence-electron chi connectivity index (χ2n) is 8.01. The maximum Gasteiger partial charge on any atom is 0.0972 e. The van der Waals surface area contributed by atoms with E-state index in [1.807, 2.05) is 0 Å². The normalized spacial score (nSPS) is 13.8. The van der Waals surface area contributed by atoms with Gasteiger partial charge in [-0.15, -0.1) is 0 Å². The summed E-state index contributed by atoms with van der Waals surface area (Å²) in [5.41, 5.74) is 1.74. The molecule has 0 saturated carbocycles. The molecule has 0 fully saturated rings. The molecular weight excluding hydrogens is 254 g/mol. The lowest BCUT2D eigenvalue weighted by atomic mass is 9.87. The molecule has 0 spiro atoms. The average molecular weight is 284 g/mol. The Bertz CT molecular complexity index is 347. The van der Waals surface area contributed by atoms with Crippen LogP contribution < -0.4 is 10.6 Å². The highest BCUT2D eigenvalue weighted by Gasteiger charge is 2.30. The number of hydrogen-bond acceptors (Lipinski definition) is 0. The Kier molecular flexibility index (Phi) is 4.38. The highest BCUT2D eigenvalue weighted by atomic mass is 31.2. The van der Waals surface area contributed by atoms with E-state index >= 15 is 0 Å². The van der Waals surface area contributed by atoms with E-state index in [1.165, 1.54) is 5.56 Å². The fraction of sp³-hybridized carbons (Fsp3) is 0.625. The van der Waals surface area contributed by atoms with Gasteiger partial charge in [0.25, 0.3) is 0 Å². The molecule has 18 heavy (non-hydrogen) atoms. The van der Waals surface area contributed by atoms with Crippen molar-refractivity contribution in [3.8, 4) is 0 Å². The minimum Gasteiger partial charge on any atom is -0.0561 e. The van der Waals surface area contributed by atoms with Crippen molar-refractivity contribution in [1.82, 2.24) is 0 Å². The Morgan fingerprint density at radius 2 is 1.00 bits per heavy atom. The quantitative estimate of drug-likeness (QED) is 0.719. The molecule has 0 atom stereocenters. The van der Waals surface area contributed by atoms with E-state index in [9.17, 15) is 0 Å². The summed E-state index contributed by atoms with van der Waals surface area (Å²) in [5.74, 6) is 0. The Labute approximate surface area is 115 Å². The standard InChI is InChI=1S/C16H30P2/c1-16(2,3)13-10-14(17(4,5)6)12-15(11-13)18(7,8)9/h10-12H,1-9H3/q+2. The zero-order chi connectivity index (χ0) is 14.4. The maximum atomic E-state index is 2.48. The van der Waals surface area contributed by atoms with Gasteiger partial charge in [-0.2, -0.15) is 0 Å². The first-order valence-electron chi connectivity index (χ1n) is 6.61. The molecule has 0 N–H and O–H groups in total. The molecule has 1 rings (SSSR count). The number of rotatable bonds is 2. The van der Waals surface area contributed by atoms with E-state index in [2.05, 4.69) is 79.0 Å². The summed E-state index contributed by atoms with van der Waals surface area (Å²) in [6.45, 7) is 21.5. The Morgan fingerprint density at radius 3 is 1.22 bits per heavy atom. The number of hydrogen-bond donors (Lipinski definition) is 0. The van der Waals surface area contributed by atoms with Gasteiger partial charge in [0.2, 0.25) is 0 Å². The van der Waals surface area contributed by atoms with Crippen molar-refractivity contribution >= 4 is 25.1 Å². The van der Waals surface area contributed by atoms with Gasteiger partial charge in [-0.1, -0.05) is 20.8 Å². The zero-order valence-corrected chi connectivity index (χ0v) is 15.4. The van der Waals surface area contributed by atoms with E-state index in [0.29, 0.717) is 0 Å². The topological polar surface area (TPSA) is 0 Å². The molecule has 0 saturated heterocycles. The Balaban J connectivity index is 3.49. The molecule has 0 aliphatic rings. The van der Waals surface area contributed by atoms with Crippen LogP contribution in [0, 0.1) is 0 Å². The van der Waals surface area contributed by atoms with Crippen molar-refractivity contribution in [3.05, 3.63) is 23.8 Å². The molecule has 0 amide bonds. The fourth-order valence-corrected chi connectivity index (χ4v) is 4.01. The van der Waals surface area contributed by atoms with Crippen molar-refractivity contribution in [3.63, 3.8) is 0 Å². The molecular formula is C16H30P2+2. The van der Waals surface area contributed by atoms with E-state index in [0.717, 1.165) is 0 Å². The first kappa shape index (κ1) is 16.1. The second kappa shape index (κ2) is 4.88. The van der Waals surface area contributed by atoms with E-state index in [-0.39, 0.29) is 5.41 Å². The largest absolute Gasteiger partial charge is 0.0972 e. The van der Waals surface area contributed by atoms with Gasteiger partial charge in [0.15, 0.2) is 0 Å². The molecule has 0 unspecified atom stereocenters. The third kappa shape index (κ3) is 4.04. The first-order chi connectivity index (χ1) is 7.82. The van der Waals surface area contributed by atoms with E-state index < -0.39 is 14.5 Å². The van der Waals surface area contributed by atoms with Crippen LogP contribution >= 0.6 is 14.5 Å². The van der Waals surface area contributed by atoms with Gasteiger partial charge in [0, 0.05) is 20.6 Å². The molecule has 0 aliphatic heterocycles. The van der Waals surface area contributed by atoms with Crippen molar-refractivity contribution in [2.45, 2.75) is 26.2 Å². The summed E-state index contributed by atoms with van der Waals surface area (Å²) in [5, 5.41) is 3.17. The van der Waals surface area contributed by atoms with Crippen LogP contribution in [0.4, 0.5) is 0 Å². The SMILES string of the molecule is CC(C)(C)c1cc([P+](C)(C)C)cc([P+](C)(C)C)c1. The second-order valence-corrected chi connectivity index (χ2v) is 17.1. The third-order valence-corrected chi connectivity index (χ3v) is 6.93.